The average Bonchev–Trinajstić information content (AvgIpc) is 2.83. The second kappa shape index (κ2) is 7.52. The van der Waals surface area contributed by atoms with Gasteiger partial charge in [0.25, 0.3) is 0 Å². The van der Waals surface area contributed by atoms with Crippen LogP contribution in [0.1, 0.15) is 43.7 Å². The van der Waals surface area contributed by atoms with Crippen molar-refractivity contribution in [1.29, 1.82) is 0 Å². The maximum Gasteiger partial charge on any atom is 0.416 e. The first kappa shape index (κ1) is 19.7. The monoisotopic (exact) mass is 382 g/mol. The van der Waals surface area contributed by atoms with Gasteiger partial charge in [-0.15, -0.1) is 0 Å². The Hall–Kier alpha value is -2.05. The van der Waals surface area contributed by atoms with E-state index in [-0.39, 0.29) is 17.7 Å². The molecule has 1 N–H and O–H groups in total. The molecule has 27 heavy (non-hydrogen) atoms. The third kappa shape index (κ3) is 4.28. The van der Waals surface area contributed by atoms with Crippen LogP contribution in [-0.2, 0) is 15.8 Å². The summed E-state index contributed by atoms with van der Waals surface area (Å²) in [7, 11) is 0. The number of benzene rings is 1. The molecule has 1 saturated carbocycles. The minimum absolute atomic E-state index is 0.162. The first-order chi connectivity index (χ1) is 12.7. The van der Waals surface area contributed by atoms with Gasteiger partial charge < -0.3 is 10.2 Å². The Morgan fingerprint density at radius 2 is 1.81 bits per heavy atom. The molecule has 1 aromatic rings. The highest BCUT2D eigenvalue weighted by molar-refractivity contribution is 5.91. The first-order valence-corrected chi connectivity index (χ1v) is 9.44. The topological polar surface area (TPSA) is 49.4 Å². The molecule has 0 spiro atoms. The van der Waals surface area contributed by atoms with Gasteiger partial charge in [0.1, 0.15) is 0 Å². The lowest BCUT2D eigenvalue weighted by atomic mass is 9.82. The Labute approximate surface area is 157 Å². The van der Waals surface area contributed by atoms with Gasteiger partial charge in [-0.05, 0) is 61.3 Å². The average molecular weight is 382 g/mol. The Bertz CT molecular complexity index is 718. The van der Waals surface area contributed by atoms with Gasteiger partial charge in [-0.1, -0.05) is 6.92 Å². The van der Waals surface area contributed by atoms with Crippen LogP contribution in [0.5, 0.6) is 0 Å². The van der Waals surface area contributed by atoms with E-state index >= 15 is 0 Å². The van der Waals surface area contributed by atoms with Gasteiger partial charge in [0.2, 0.25) is 11.8 Å². The van der Waals surface area contributed by atoms with E-state index in [1.807, 2.05) is 11.8 Å². The molecule has 2 bridgehead atoms. The number of hydrogen-bond acceptors (Lipinski definition) is 2. The number of nitrogens with one attached hydrogen (secondary N) is 1. The fraction of sp³-hybridized carbons (Fsp3) is 0.600. The van der Waals surface area contributed by atoms with Gasteiger partial charge in [-0.3, -0.25) is 9.59 Å². The van der Waals surface area contributed by atoms with Gasteiger partial charge in [-0.2, -0.15) is 13.2 Å². The van der Waals surface area contributed by atoms with Crippen molar-refractivity contribution in [3.63, 3.8) is 0 Å². The number of fused-ring (bicyclic) bond motifs is 2. The molecule has 4 nitrogen and oxygen atoms in total. The van der Waals surface area contributed by atoms with E-state index in [2.05, 4.69) is 5.32 Å². The fourth-order valence-electron chi connectivity index (χ4n) is 4.49. The summed E-state index contributed by atoms with van der Waals surface area (Å²) < 4.78 is 38.3. The summed E-state index contributed by atoms with van der Waals surface area (Å²) in [4.78, 5) is 26.4. The number of nitrogens with zero attached hydrogens (tertiary/aromatic N) is 1. The van der Waals surface area contributed by atoms with E-state index in [1.54, 1.807) is 6.92 Å². The number of anilines is 1. The second-order valence-electron chi connectivity index (χ2n) is 7.69. The van der Waals surface area contributed by atoms with E-state index in [4.69, 9.17) is 0 Å². The molecule has 1 heterocycles. The molecule has 2 fully saturated rings. The zero-order chi connectivity index (χ0) is 19.8. The minimum atomic E-state index is -4.39. The van der Waals surface area contributed by atoms with E-state index in [1.165, 1.54) is 6.07 Å². The summed E-state index contributed by atoms with van der Waals surface area (Å²) in [6.07, 6.45) is -1.50. The normalized spacial score (nSPS) is 24.8. The number of alkyl halides is 3. The zero-order valence-corrected chi connectivity index (χ0v) is 15.6. The third-order valence-electron chi connectivity index (χ3n) is 5.93. The molecular formula is C20H25F3N2O2. The highest BCUT2D eigenvalue weighted by atomic mass is 19.4. The minimum Gasteiger partial charge on any atom is -0.342 e. The number of piperidine rings is 1. The third-order valence-corrected chi connectivity index (χ3v) is 5.93. The molecule has 1 aliphatic carbocycles. The van der Waals surface area contributed by atoms with Crippen LogP contribution in [0.15, 0.2) is 18.2 Å². The molecule has 7 heteroatoms. The smallest absolute Gasteiger partial charge is 0.342 e. The van der Waals surface area contributed by atoms with Gasteiger partial charge >= 0.3 is 6.18 Å². The van der Waals surface area contributed by atoms with Crippen molar-refractivity contribution < 1.29 is 22.8 Å². The van der Waals surface area contributed by atoms with Crippen LogP contribution < -0.4 is 5.32 Å². The number of amides is 2. The van der Waals surface area contributed by atoms with Crippen LogP contribution in [0.3, 0.4) is 0 Å². The first-order valence-electron chi connectivity index (χ1n) is 9.44. The standard InChI is InChI=1S/C20H25F3N2O2/c1-3-19(27)25-10-13-4-5-14(11-25)16(13)9-18(26)24-17-7-6-15(8-12(17)2)20(21,22)23/h6-8,13-14,16H,3-5,9-11H2,1-2H3,(H,24,26)/t13-,14+,16?. The van der Waals surface area contributed by atoms with Crippen molar-refractivity contribution in [2.45, 2.75) is 45.7 Å². The molecule has 2 amide bonds. The molecule has 3 rings (SSSR count). The molecule has 3 atom stereocenters. The molecule has 2 aliphatic rings. The number of likely N-dealkylation sites (tertiary alicyclic amines) is 1. The van der Waals surface area contributed by atoms with Gasteiger partial charge in [0.15, 0.2) is 0 Å². The van der Waals surface area contributed by atoms with E-state index in [0.29, 0.717) is 49.0 Å². The van der Waals surface area contributed by atoms with Crippen molar-refractivity contribution in [3.8, 4) is 0 Å². The molecular weight excluding hydrogens is 357 g/mol. The Morgan fingerprint density at radius 1 is 1.19 bits per heavy atom. The number of aryl methyl sites for hydroxylation is 1. The zero-order valence-electron chi connectivity index (χ0n) is 15.6. The largest absolute Gasteiger partial charge is 0.416 e. The van der Waals surface area contributed by atoms with Gasteiger partial charge in [0.05, 0.1) is 5.56 Å². The molecule has 1 aromatic carbocycles. The Kier molecular flexibility index (Phi) is 5.49. The highest BCUT2D eigenvalue weighted by Crippen LogP contribution is 2.44. The summed E-state index contributed by atoms with van der Waals surface area (Å²) >= 11 is 0. The lowest BCUT2D eigenvalue weighted by Crippen LogP contribution is -2.45. The molecule has 0 radical (unpaired) electrons. The van der Waals surface area contributed by atoms with Crippen molar-refractivity contribution >= 4 is 17.5 Å². The number of carbonyl (C=O) groups is 2. The number of rotatable bonds is 4. The van der Waals surface area contributed by atoms with Crippen molar-refractivity contribution in [3.05, 3.63) is 29.3 Å². The van der Waals surface area contributed by atoms with Crippen LogP contribution in [0.2, 0.25) is 0 Å². The van der Waals surface area contributed by atoms with Crippen molar-refractivity contribution in [2.75, 3.05) is 18.4 Å². The van der Waals surface area contributed by atoms with E-state index in [0.717, 1.165) is 25.0 Å². The van der Waals surface area contributed by atoms with Crippen molar-refractivity contribution in [2.24, 2.45) is 17.8 Å². The summed E-state index contributed by atoms with van der Waals surface area (Å²) in [6, 6.07) is 3.35. The Balaban J connectivity index is 1.61. The highest BCUT2D eigenvalue weighted by Gasteiger charge is 2.43. The number of hydrogen-bond donors (Lipinski definition) is 1. The SMILES string of the molecule is CCC(=O)N1C[C@H]2CC[C@@H](C1)C2CC(=O)Nc1ccc(C(F)(F)F)cc1C. The Morgan fingerprint density at radius 3 is 2.33 bits per heavy atom. The predicted molar refractivity (Wildman–Crippen MR) is 96.0 cm³/mol. The van der Waals surface area contributed by atoms with Crippen LogP contribution in [-0.4, -0.2) is 29.8 Å². The summed E-state index contributed by atoms with van der Waals surface area (Å²) in [5.74, 6) is 0.892. The molecule has 1 saturated heterocycles. The van der Waals surface area contributed by atoms with Crippen LogP contribution in [0.25, 0.3) is 0 Å². The molecule has 148 valence electrons. The molecule has 0 aromatic heterocycles. The van der Waals surface area contributed by atoms with Gasteiger partial charge in [-0.25, -0.2) is 0 Å². The van der Waals surface area contributed by atoms with Crippen LogP contribution in [0, 0.1) is 24.7 Å². The van der Waals surface area contributed by atoms with Crippen LogP contribution >= 0.6 is 0 Å². The second-order valence-corrected chi connectivity index (χ2v) is 7.69. The summed E-state index contributed by atoms with van der Waals surface area (Å²) in [5.41, 5.74) is 0.0902. The maximum atomic E-state index is 12.8. The van der Waals surface area contributed by atoms with Gasteiger partial charge in [0, 0.05) is 31.6 Å². The number of carbonyl (C=O) groups excluding carboxylic acids is 2. The maximum absolute atomic E-state index is 12.8. The lowest BCUT2D eigenvalue weighted by molar-refractivity contribution is -0.137. The number of halogens is 3. The molecule has 1 aliphatic heterocycles. The van der Waals surface area contributed by atoms with Crippen molar-refractivity contribution in [1.82, 2.24) is 4.90 Å². The van der Waals surface area contributed by atoms with Crippen LogP contribution in [0.4, 0.5) is 18.9 Å². The van der Waals surface area contributed by atoms with E-state index in [9.17, 15) is 22.8 Å². The summed E-state index contributed by atoms with van der Waals surface area (Å²) in [5, 5.41) is 2.76. The predicted octanol–water partition coefficient (Wildman–Crippen LogP) is 4.24. The summed E-state index contributed by atoms with van der Waals surface area (Å²) in [6.45, 7) is 4.83. The lowest BCUT2D eigenvalue weighted by Gasteiger charge is -2.37. The molecule has 1 unspecified atom stereocenters. The van der Waals surface area contributed by atoms with E-state index < -0.39 is 11.7 Å². The fourth-order valence-corrected chi connectivity index (χ4v) is 4.49. The quantitative estimate of drug-likeness (QED) is 0.847.